The van der Waals surface area contributed by atoms with E-state index in [2.05, 4.69) is 0 Å². The minimum Gasteiger partial charge on any atom is -0.444 e. The SMILES string of the molecule is CC(C)(C)OC(=O)N1CCC[C@@H]1C(N)c1cccc(Cl)c1. The molecular formula is C16H23ClN2O2. The molecule has 4 nitrogen and oxygen atoms in total. The minimum atomic E-state index is -0.496. The average molecular weight is 311 g/mol. The van der Waals surface area contributed by atoms with Crippen molar-refractivity contribution in [2.24, 2.45) is 5.73 Å². The Bertz CT molecular complexity index is 513. The number of rotatable bonds is 2. The van der Waals surface area contributed by atoms with Gasteiger partial charge in [-0.2, -0.15) is 0 Å². The van der Waals surface area contributed by atoms with Crippen LogP contribution < -0.4 is 5.73 Å². The van der Waals surface area contributed by atoms with Gasteiger partial charge in [-0.1, -0.05) is 23.7 Å². The molecule has 1 aromatic carbocycles. The molecule has 0 bridgehead atoms. The molecule has 1 aromatic rings. The first-order valence-electron chi connectivity index (χ1n) is 7.28. The number of carbonyl (C=O) groups is 1. The zero-order valence-corrected chi connectivity index (χ0v) is 13.6. The molecule has 116 valence electrons. The highest BCUT2D eigenvalue weighted by atomic mass is 35.5. The fourth-order valence-electron chi connectivity index (χ4n) is 2.65. The van der Waals surface area contributed by atoms with Crippen molar-refractivity contribution in [1.82, 2.24) is 4.90 Å². The Hall–Kier alpha value is -1.26. The van der Waals surface area contributed by atoms with Gasteiger partial charge < -0.3 is 15.4 Å². The van der Waals surface area contributed by atoms with Gasteiger partial charge in [-0.05, 0) is 51.3 Å². The second-order valence-electron chi connectivity index (χ2n) is 6.46. The molecule has 1 aliphatic rings. The van der Waals surface area contributed by atoms with Gasteiger partial charge in [0.1, 0.15) is 5.60 Å². The molecule has 0 aliphatic carbocycles. The van der Waals surface area contributed by atoms with Gasteiger partial charge in [-0.3, -0.25) is 0 Å². The zero-order chi connectivity index (χ0) is 15.6. The lowest BCUT2D eigenvalue weighted by atomic mass is 9.98. The van der Waals surface area contributed by atoms with Gasteiger partial charge in [0.05, 0.1) is 12.1 Å². The van der Waals surface area contributed by atoms with Gasteiger partial charge in [-0.15, -0.1) is 0 Å². The number of carbonyl (C=O) groups excluding carboxylic acids is 1. The topological polar surface area (TPSA) is 55.6 Å². The van der Waals surface area contributed by atoms with Crippen LogP contribution in [0.1, 0.15) is 45.2 Å². The Morgan fingerprint density at radius 2 is 2.19 bits per heavy atom. The maximum atomic E-state index is 12.3. The van der Waals surface area contributed by atoms with Crippen LogP contribution in [0.4, 0.5) is 4.79 Å². The van der Waals surface area contributed by atoms with Crippen molar-refractivity contribution in [2.75, 3.05) is 6.54 Å². The van der Waals surface area contributed by atoms with Crippen LogP contribution in [0.15, 0.2) is 24.3 Å². The van der Waals surface area contributed by atoms with Crippen molar-refractivity contribution in [2.45, 2.75) is 51.3 Å². The first-order valence-corrected chi connectivity index (χ1v) is 7.66. The number of nitrogens with zero attached hydrogens (tertiary/aromatic N) is 1. The van der Waals surface area contributed by atoms with Gasteiger partial charge >= 0.3 is 6.09 Å². The van der Waals surface area contributed by atoms with Crippen LogP contribution in [0.25, 0.3) is 0 Å². The smallest absolute Gasteiger partial charge is 0.410 e. The summed E-state index contributed by atoms with van der Waals surface area (Å²) in [5, 5.41) is 0.657. The molecule has 1 saturated heterocycles. The number of hydrogen-bond acceptors (Lipinski definition) is 3. The van der Waals surface area contributed by atoms with Crippen molar-refractivity contribution in [3.05, 3.63) is 34.9 Å². The lowest BCUT2D eigenvalue weighted by Gasteiger charge is -2.31. The summed E-state index contributed by atoms with van der Waals surface area (Å²) in [6.45, 7) is 6.29. The predicted octanol–water partition coefficient (Wildman–Crippen LogP) is 3.74. The monoisotopic (exact) mass is 310 g/mol. The largest absolute Gasteiger partial charge is 0.444 e. The molecule has 1 amide bonds. The standard InChI is InChI=1S/C16H23ClN2O2/c1-16(2,3)21-15(20)19-9-5-8-13(19)14(18)11-6-4-7-12(17)10-11/h4,6-7,10,13-14H,5,8-9,18H2,1-3H3/t13-,14?/m1/s1. The first-order chi connectivity index (χ1) is 9.78. The summed E-state index contributed by atoms with van der Waals surface area (Å²) in [5.74, 6) is 0. The molecule has 2 N–H and O–H groups in total. The van der Waals surface area contributed by atoms with Crippen LogP contribution in [0.3, 0.4) is 0 Å². The van der Waals surface area contributed by atoms with Crippen LogP contribution >= 0.6 is 11.6 Å². The van der Waals surface area contributed by atoms with Crippen molar-refractivity contribution in [3.8, 4) is 0 Å². The molecule has 1 unspecified atom stereocenters. The number of halogens is 1. The summed E-state index contributed by atoms with van der Waals surface area (Å²) < 4.78 is 5.47. The molecule has 0 radical (unpaired) electrons. The third kappa shape index (κ3) is 4.11. The van der Waals surface area contributed by atoms with Crippen LogP contribution in [0.5, 0.6) is 0 Å². The van der Waals surface area contributed by atoms with Gasteiger partial charge in [-0.25, -0.2) is 4.79 Å². The molecular weight excluding hydrogens is 288 g/mol. The number of nitrogens with two attached hydrogens (primary N) is 1. The van der Waals surface area contributed by atoms with Crippen molar-refractivity contribution in [1.29, 1.82) is 0 Å². The Morgan fingerprint density at radius 1 is 1.48 bits per heavy atom. The van der Waals surface area contributed by atoms with E-state index in [9.17, 15) is 4.79 Å². The van der Waals surface area contributed by atoms with Gasteiger partial charge in [0.25, 0.3) is 0 Å². The van der Waals surface area contributed by atoms with Gasteiger partial charge in [0.15, 0.2) is 0 Å². The second-order valence-corrected chi connectivity index (χ2v) is 6.90. The Labute approximate surface area is 131 Å². The number of likely N-dealkylation sites (tertiary alicyclic amines) is 1. The van der Waals surface area contributed by atoms with E-state index < -0.39 is 5.60 Å². The van der Waals surface area contributed by atoms with E-state index in [-0.39, 0.29) is 18.2 Å². The van der Waals surface area contributed by atoms with E-state index in [1.807, 2.05) is 45.0 Å². The van der Waals surface area contributed by atoms with E-state index in [4.69, 9.17) is 22.1 Å². The zero-order valence-electron chi connectivity index (χ0n) is 12.8. The molecule has 0 spiro atoms. The third-order valence-corrected chi connectivity index (χ3v) is 3.81. The van der Waals surface area contributed by atoms with Crippen molar-refractivity contribution >= 4 is 17.7 Å². The summed E-state index contributed by atoms with van der Waals surface area (Å²) >= 11 is 6.02. The van der Waals surface area contributed by atoms with E-state index in [1.165, 1.54) is 0 Å². The molecule has 21 heavy (non-hydrogen) atoms. The molecule has 5 heteroatoms. The Balaban J connectivity index is 2.13. The quantitative estimate of drug-likeness (QED) is 0.905. The van der Waals surface area contributed by atoms with E-state index in [1.54, 1.807) is 4.90 Å². The highest BCUT2D eigenvalue weighted by Crippen LogP contribution is 2.30. The van der Waals surface area contributed by atoms with Crippen LogP contribution in [-0.4, -0.2) is 29.2 Å². The fraction of sp³-hybridized carbons (Fsp3) is 0.562. The highest BCUT2D eigenvalue weighted by molar-refractivity contribution is 6.30. The molecule has 0 aromatic heterocycles. The summed E-state index contributed by atoms with van der Waals surface area (Å²) in [5.41, 5.74) is 6.80. The molecule has 2 atom stereocenters. The predicted molar refractivity (Wildman–Crippen MR) is 84.3 cm³/mol. The Kier molecular flexibility index (Phi) is 4.79. The Morgan fingerprint density at radius 3 is 2.81 bits per heavy atom. The molecule has 1 fully saturated rings. The van der Waals surface area contributed by atoms with Crippen LogP contribution in [0.2, 0.25) is 5.02 Å². The molecule has 2 rings (SSSR count). The van der Waals surface area contributed by atoms with Gasteiger partial charge in [0, 0.05) is 11.6 Å². The number of hydrogen-bond donors (Lipinski definition) is 1. The number of benzene rings is 1. The summed E-state index contributed by atoms with van der Waals surface area (Å²) in [4.78, 5) is 14.0. The summed E-state index contributed by atoms with van der Waals surface area (Å²) in [6.07, 6.45) is 1.54. The molecule has 1 aliphatic heterocycles. The number of amides is 1. The maximum Gasteiger partial charge on any atom is 0.410 e. The van der Waals surface area contributed by atoms with Crippen molar-refractivity contribution in [3.63, 3.8) is 0 Å². The van der Waals surface area contributed by atoms with E-state index in [0.717, 1.165) is 18.4 Å². The highest BCUT2D eigenvalue weighted by Gasteiger charge is 2.36. The number of ether oxygens (including phenoxy) is 1. The third-order valence-electron chi connectivity index (χ3n) is 3.58. The second kappa shape index (κ2) is 6.24. The van der Waals surface area contributed by atoms with Gasteiger partial charge in [0.2, 0.25) is 0 Å². The molecule has 1 heterocycles. The summed E-state index contributed by atoms with van der Waals surface area (Å²) in [7, 11) is 0. The summed E-state index contributed by atoms with van der Waals surface area (Å²) in [6, 6.07) is 7.21. The minimum absolute atomic E-state index is 0.0432. The lowest BCUT2D eigenvalue weighted by molar-refractivity contribution is 0.0206. The van der Waals surface area contributed by atoms with E-state index in [0.29, 0.717) is 11.6 Å². The fourth-order valence-corrected chi connectivity index (χ4v) is 2.85. The lowest BCUT2D eigenvalue weighted by Crippen LogP contribution is -2.44. The molecule has 0 saturated carbocycles. The van der Waals surface area contributed by atoms with Crippen LogP contribution in [-0.2, 0) is 4.74 Å². The maximum absolute atomic E-state index is 12.3. The van der Waals surface area contributed by atoms with Crippen LogP contribution in [0, 0.1) is 0 Å². The van der Waals surface area contributed by atoms with Crippen molar-refractivity contribution < 1.29 is 9.53 Å². The normalized spacial score (nSPS) is 20.4. The average Bonchev–Trinajstić information content (AvgIpc) is 2.85. The first kappa shape index (κ1) is 16.1. The van der Waals surface area contributed by atoms with E-state index >= 15 is 0 Å².